The maximum Gasteiger partial charge on any atom is 0.117 e. The van der Waals surface area contributed by atoms with E-state index in [1.807, 2.05) is 6.92 Å². The Kier molecular flexibility index (Phi) is 5.01. The zero-order valence-electron chi connectivity index (χ0n) is 5.81. The van der Waals surface area contributed by atoms with Crippen molar-refractivity contribution in [3.05, 3.63) is 0 Å². The molecule has 0 radical (unpaired) electrons. The van der Waals surface area contributed by atoms with Crippen LogP contribution >= 0.6 is 0 Å². The summed E-state index contributed by atoms with van der Waals surface area (Å²) in [7, 11) is 0. The molecule has 0 aliphatic carbocycles. The topological polar surface area (TPSA) is 18.5 Å². The average molecular weight is 118 g/mol. The molecule has 1 heterocycles. The van der Waals surface area contributed by atoms with Gasteiger partial charge in [-0.2, -0.15) is 0 Å². The second-order valence-electron chi connectivity index (χ2n) is 1.90. The first-order chi connectivity index (χ1) is 3.81. The third kappa shape index (κ3) is 4.09. The van der Waals surface area contributed by atoms with Crippen LogP contribution in [0.25, 0.3) is 0 Å². The molecular weight excluding hydrogens is 104 g/mol. The number of hydrogen-bond donors (Lipinski definition) is 0. The molecular formula is C6H14O2. The highest BCUT2D eigenvalue weighted by Crippen LogP contribution is 2.02. The average Bonchev–Trinajstić information content (AvgIpc) is 1.64. The molecule has 1 unspecified atom stereocenters. The van der Waals surface area contributed by atoms with Crippen LogP contribution in [0.5, 0.6) is 0 Å². The second-order valence-corrected chi connectivity index (χ2v) is 1.90. The molecule has 50 valence electrons. The van der Waals surface area contributed by atoms with Crippen LogP contribution < -0.4 is 0 Å². The molecule has 0 N–H and O–H groups in total. The van der Waals surface area contributed by atoms with Crippen LogP contribution in [0.1, 0.15) is 27.2 Å². The van der Waals surface area contributed by atoms with Gasteiger partial charge in [-0.25, -0.2) is 9.78 Å². The van der Waals surface area contributed by atoms with Crippen molar-refractivity contribution in [3.63, 3.8) is 0 Å². The molecule has 1 saturated heterocycles. The molecule has 1 fully saturated rings. The lowest BCUT2D eigenvalue weighted by Crippen LogP contribution is -2.26. The summed E-state index contributed by atoms with van der Waals surface area (Å²) in [5.41, 5.74) is 0. The first kappa shape index (κ1) is 7.92. The Balaban J connectivity index is 0.000000145. The maximum absolute atomic E-state index is 4.43. The molecule has 2 nitrogen and oxygen atoms in total. The molecule has 0 aromatic rings. The van der Waals surface area contributed by atoms with Gasteiger partial charge in [-0.1, -0.05) is 20.3 Å². The fraction of sp³-hybridized carbons (Fsp3) is 1.00. The summed E-state index contributed by atoms with van der Waals surface area (Å²) < 4.78 is 0. The van der Waals surface area contributed by atoms with Crippen LogP contribution in [0.3, 0.4) is 0 Å². The van der Waals surface area contributed by atoms with Crippen molar-refractivity contribution in [2.45, 2.75) is 33.3 Å². The molecule has 0 bridgehead atoms. The fourth-order valence-corrected chi connectivity index (χ4v) is 0.204. The first-order valence-corrected chi connectivity index (χ1v) is 3.09. The number of hydrogen-bond acceptors (Lipinski definition) is 2. The molecule has 8 heavy (non-hydrogen) atoms. The van der Waals surface area contributed by atoms with Crippen LogP contribution in [-0.2, 0) is 9.78 Å². The van der Waals surface area contributed by atoms with Crippen LogP contribution in [0.4, 0.5) is 0 Å². The lowest BCUT2D eigenvalue weighted by Gasteiger charge is -2.18. The van der Waals surface area contributed by atoms with Gasteiger partial charge in [0.05, 0.1) is 0 Å². The Morgan fingerprint density at radius 2 is 1.75 bits per heavy atom. The van der Waals surface area contributed by atoms with E-state index in [-0.39, 0.29) is 0 Å². The Morgan fingerprint density at radius 3 is 1.75 bits per heavy atom. The van der Waals surface area contributed by atoms with Gasteiger partial charge in [-0.05, 0) is 6.92 Å². The SMILES string of the molecule is CC1COO1.CCC. The van der Waals surface area contributed by atoms with Crippen molar-refractivity contribution in [2.24, 2.45) is 0 Å². The smallest absolute Gasteiger partial charge is 0.117 e. The summed E-state index contributed by atoms with van der Waals surface area (Å²) in [6, 6.07) is 0. The predicted octanol–water partition coefficient (Wildman–Crippen LogP) is 1.75. The monoisotopic (exact) mass is 118 g/mol. The molecule has 1 aliphatic heterocycles. The largest absolute Gasteiger partial charge is 0.234 e. The van der Waals surface area contributed by atoms with E-state index in [1.54, 1.807) is 0 Å². The van der Waals surface area contributed by atoms with E-state index in [0.717, 1.165) is 6.61 Å². The standard InChI is InChI=1S/C3H6O2.C3H8/c1-3-2-4-5-3;1-3-2/h3H,2H2,1H3;3H2,1-2H3. The van der Waals surface area contributed by atoms with Gasteiger partial charge in [0.2, 0.25) is 0 Å². The van der Waals surface area contributed by atoms with Crippen molar-refractivity contribution in [2.75, 3.05) is 6.61 Å². The number of rotatable bonds is 0. The quantitative estimate of drug-likeness (QED) is 0.451. The summed E-state index contributed by atoms with van der Waals surface area (Å²) in [6.07, 6.45) is 1.59. The molecule has 0 saturated carbocycles. The maximum atomic E-state index is 4.43. The van der Waals surface area contributed by atoms with Crippen molar-refractivity contribution in [3.8, 4) is 0 Å². The van der Waals surface area contributed by atoms with Gasteiger partial charge in [-0.15, -0.1) is 0 Å². The molecule has 0 spiro atoms. The lowest BCUT2D eigenvalue weighted by atomic mass is 10.4. The van der Waals surface area contributed by atoms with Gasteiger partial charge < -0.3 is 0 Å². The molecule has 0 aromatic heterocycles. The first-order valence-electron chi connectivity index (χ1n) is 3.09. The molecule has 0 aromatic carbocycles. The van der Waals surface area contributed by atoms with Crippen molar-refractivity contribution in [1.29, 1.82) is 0 Å². The minimum atomic E-state index is 0.343. The lowest BCUT2D eigenvalue weighted by molar-refractivity contribution is -0.419. The third-order valence-electron chi connectivity index (χ3n) is 0.535. The summed E-state index contributed by atoms with van der Waals surface area (Å²) in [4.78, 5) is 8.77. The van der Waals surface area contributed by atoms with E-state index < -0.39 is 0 Å². The molecule has 0 amide bonds. The summed E-state index contributed by atoms with van der Waals surface area (Å²) in [5, 5.41) is 0. The minimum Gasteiger partial charge on any atom is -0.234 e. The highest BCUT2D eigenvalue weighted by Gasteiger charge is 2.11. The Labute approximate surface area is 50.7 Å². The van der Waals surface area contributed by atoms with Gasteiger partial charge >= 0.3 is 0 Å². The summed E-state index contributed by atoms with van der Waals surface area (Å²) in [6.45, 7) is 6.98. The van der Waals surface area contributed by atoms with Gasteiger partial charge in [0.15, 0.2) is 0 Å². The van der Waals surface area contributed by atoms with Crippen LogP contribution in [0.15, 0.2) is 0 Å². The predicted molar refractivity (Wildman–Crippen MR) is 32.5 cm³/mol. The van der Waals surface area contributed by atoms with Crippen LogP contribution in [-0.4, -0.2) is 12.7 Å². The second kappa shape index (κ2) is 5.06. The molecule has 1 rings (SSSR count). The van der Waals surface area contributed by atoms with Crippen LogP contribution in [0.2, 0.25) is 0 Å². The van der Waals surface area contributed by atoms with Gasteiger partial charge in [0, 0.05) is 0 Å². The van der Waals surface area contributed by atoms with E-state index in [2.05, 4.69) is 23.6 Å². The minimum absolute atomic E-state index is 0.343. The zero-order valence-corrected chi connectivity index (χ0v) is 5.81. The van der Waals surface area contributed by atoms with Crippen molar-refractivity contribution in [1.82, 2.24) is 0 Å². The van der Waals surface area contributed by atoms with E-state index >= 15 is 0 Å². The summed E-state index contributed by atoms with van der Waals surface area (Å²) >= 11 is 0. The highest BCUT2D eigenvalue weighted by molar-refractivity contribution is 4.45. The molecule has 1 aliphatic rings. The van der Waals surface area contributed by atoms with Gasteiger partial charge in [-0.3, -0.25) is 0 Å². The third-order valence-corrected chi connectivity index (χ3v) is 0.535. The summed E-state index contributed by atoms with van der Waals surface area (Å²) in [5.74, 6) is 0. The van der Waals surface area contributed by atoms with Crippen molar-refractivity contribution >= 4 is 0 Å². The Morgan fingerprint density at radius 1 is 1.50 bits per heavy atom. The Bertz CT molecular complexity index is 41.8. The van der Waals surface area contributed by atoms with E-state index in [0.29, 0.717) is 6.10 Å². The van der Waals surface area contributed by atoms with Gasteiger partial charge in [0.25, 0.3) is 0 Å². The zero-order chi connectivity index (χ0) is 6.41. The van der Waals surface area contributed by atoms with E-state index in [4.69, 9.17) is 0 Å². The normalized spacial score (nSPS) is 25.1. The van der Waals surface area contributed by atoms with E-state index in [9.17, 15) is 0 Å². The molecule has 2 heteroatoms. The fourth-order valence-electron chi connectivity index (χ4n) is 0.204. The van der Waals surface area contributed by atoms with Crippen molar-refractivity contribution < 1.29 is 9.78 Å². The van der Waals surface area contributed by atoms with Crippen LogP contribution in [0, 0.1) is 0 Å². The molecule has 1 atom stereocenters. The Hall–Kier alpha value is -0.0800. The highest BCUT2D eigenvalue weighted by atomic mass is 17.2. The van der Waals surface area contributed by atoms with E-state index in [1.165, 1.54) is 6.42 Å². The van der Waals surface area contributed by atoms with Gasteiger partial charge in [0.1, 0.15) is 12.7 Å².